The number of ether oxygens (including phenoxy) is 2. The van der Waals surface area contributed by atoms with Crippen molar-refractivity contribution in [3.8, 4) is 0 Å². The van der Waals surface area contributed by atoms with E-state index in [9.17, 15) is 14.7 Å². The van der Waals surface area contributed by atoms with Crippen LogP contribution in [-0.2, 0) is 19.1 Å². The molecule has 0 aromatic heterocycles. The van der Waals surface area contributed by atoms with Gasteiger partial charge < -0.3 is 14.6 Å². The van der Waals surface area contributed by atoms with E-state index < -0.39 is 29.0 Å². The number of esters is 2. The van der Waals surface area contributed by atoms with Crippen LogP contribution in [0.4, 0.5) is 0 Å². The van der Waals surface area contributed by atoms with Crippen LogP contribution in [0, 0.1) is 16.7 Å². The normalized spacial score (nSPS) is 15.6. The lowest BCUT2D eigenvalue weighted by Gasteiger charge is -2.30. The van der Waals surface area contributed by atoms with E-state index in [4.69, 9.17) is 9.47 Å². The van der Waals surface area contributed by atoms with E-state index >= 15 is 0 Å². The van der Waals surface area contributed by atoms with Crippen molar-refractivity contribution in [3.63, 3.8) is 0 Å². The molecule has 5 nitrogen and oxygen atoms in total. The maximum atomic E-state index is 12.2. The first-order valence-corrected chi connectivity index (χ1v) is 8.62. The van der Waals surface area contributed by atoms with Crippen LogP contribution in [0.5, 0.6) is 0 Å². The molecule has 0 aromatic rings. The van der Waals surface area contributed by atoms with Crippen molar-refractivity contribution in [2.24, 2.45) is 16.7 Å². The Labute approximate surface area is 147 Å². The first-order valence-electron chi connectivity index (χ1n) is 8.62. The molecular formula is C19H36O5. The molecule has 0 fully saturated rings. The summed E-state index contributed by atoms with van der Waals surface area (Å²) in [5.74, 6) is -1.18. The SMILES string of the molecule is CC(CC(C)(C)C(=O)OC(C)(C)C)C(=O)OCC(O)CC(C)(C)C. The third-order valence-corrected chi connectivity index (χ3v) is 3.44. The number of hydrogen-bond acceptors (Lipinski definition) is 5. The number of aliphatic hydroxyl groups excluding tert-OH is 1. The Balaban J connectivity index is 4.51. The number of rotatable bonds is 7. The maximum Gasteiger partial charge on any atom is 0.312 e. The lowest BCUT2D eigenvalue weighted by molar-refractivity contribution is -0.168. The second kappa shape index (κ2) is 8.32. The Hall–Kier alpha value is -1.10. The maximum absolute atomic E-state index is 12.2. The quantitative estimate of drug-likeness (QED) is 0.713. The van der Waals surface area contributed by atoms with Crippen molar-refractivity contribution in [2.45, 2.75) is 86.9 Å². The Kier molecular flexibility index (Phi) is 7.94. The molecule has 0 aliphatic heterocycles. The molecule has 0 aliphatic rings. The summed E-state index contributed by atoms with van der Waals surface area (Å²) in [5.41, 5.74) is -1.37. The minimum absolute atomic E-state index is 0.0205. The van der Waals surface area contributed by atoms with Gasteiger partial charge in [-0.25, -0.2) is 0 Å². The van der Waals surface area contributed by atoms with Gasteiger partial charge in [0.1, 0.15) is 12.2 Å². The molecule has 0 heterocycles. The summed E-state index contributed by atoms with van der Waals surface area (Å²) >= 11 is 0. The van der Waals surface area contributed by atoms with Crippen molar-refractivity contribution < 1.29 is 24.2 Å². The van der Waals surface area contributed by atoms with Crippen molar-refractivity contribution in [1.29, 1.82) is 0 Å². The number of aliphatic hydroxyl groups is 1. The van der Waals surface area contributed by atoms with Crippen molar-refractivity contribution in [1.82, 2.24) is 0 Å². The van der Waals surface area contributed by atoms with E-state index in [1.807, 2.05) is 41.5 Å². The second-order valence-corrected chi connectivity index (χ2v) is 9.54. The molecule has 142 valence electrons. The molecule has 0 bridgehead atoms. The Morgan fingerprint density at radius 3 is 1.88 bits per heavy atom. The molecule has 2 unspecified atom stereocenters. The molecule has 5 heteroatoms. The van der Waals surface area contributed by atoms with Crippen LogP contribution in [0.25, 0.3) is 0 Å². The molecule has 24 heavy (non-hydrogen) atoms. The summed E-state index contributed by atoms with van der Waals surface area (Å²) in [6.45, 7) is 16.7. The molecule has 0 rings (SSSR count). The second-order valence-electron chi connectivity index (χ2n) is 9.54. The number of hydrogen-bond donors (Lipinski definition) is 1. The van der Waals surface area contributed by atoms with Gasteiger partial charge in [-0.05, 0) is 52.9 Å². The van der Waals surface area contributed by atoms with Crippen LogP contribution in [-0.4, -0.2) is 35.4 Å². The Morgan fingerprint density at radius 1 is 0.958 bits per heavy atom. The zero-order valence-electron chi connectivity index (χ0n) is 16.9. The molecule has 0 saturated carbocycles. The summed E-state index contributed by atoms with van der Waals surface area (Å²) < 4.78 is 10.6. The number of carbonyl (C=O) groups excluding carboxylic acids is 2. The molecular weight excluding hydrogens is 308 g/mol. The first-order chi connectivity index (χ1) is 10.5. The Bertz CT molecular complexity index is 426. The molecule has 0 radical (unpaired) electrons. The van der Waals surface area contributed by atoms with Crippen molar-refractivity contribution in [3.05, 3.63) is 0 Å². The van der Waals surface area contributed by atoms with E-state index in [0.717, 1.165) is 0 Å². The fraction of sp³-hybridized carbons (Fsp3) is 0.895. The first kappa shape index (κ1) is 22.9. The van der Waals surface area contributed by atoms with E-state index in [2.05, 4.69) is 0 Å². The van der Waals surface area contributed by atoms with Gasteiger partial charge in [-0.3, -0.25) is 9.59 Å². The van der Waals surface area contributed by atoms with Crippen LogP contribution in [0.2, 0.25) is 0 Å². The highest BCUT2D eigenvalue weighted by Crippen LogP contribution is 2.30. The fourth-order valence-electron chi connectivity index (χ4n) is 2.43. The molecule has 1 N–H and O–H groups in total. The summed E-state index contributed by atoms with van der Waals surface area (Å²) in [4.78, 5) is 24.4. The molecule has 0 amide bonds. The van der Waals surface area contributed by atoms with Gasteiger partial charge in [0.05, 0.1) is 17.4 Å². The molecule has 0 aromatic carbocycles. The van der Waals surface area contributed by atoms with E-state index in [1.54, 1.807) is 20.8 Å². The van der Waals surface area contributed by atoms with Gasteiger partial charge in [-0.15, -0.1) is 0 Å². The van der Waals surface area contributed by atoms with Crippen LogP contribution < -0.4 is 0 Å². The topological polar surface area (TPSA) is 72.8 Å². The standard InChI is InChI=1S/C19H36O5/c1-13(10-19(8,9)16(22)24-18(5,6)7)15(21)23-12-14(20)11-17(2,3)4/h13-14,20H,10-12H2,1-9H3. The van der Waals surface area contributed by atoms with Gasteiger partial charge in [-0.1, -0.05) is 27.7 Å². The van der Waals surface area contributed by atoms with E-state index in [1.165, 1.54) is 0 Å². The smallest absolute Gasteiger partial charge is 0.312 e. The zero-order chi connectivity index (χ0) is 19.3. The molecule has 0 spiro atoms. The van der Waals surface area contributed by atoms with Crippen LogP contribution in [0.1, 0.15) is 75.2 Å². The lowest BCUT2D eigenvalue weighted by atomic mass is 9.83. The summed E-state index contributed by atoms with van der Waals surface area (Å²) in [6.07, 6.45) is 0.203. The summed E-state index contributed by atoms with van der Waals surface area (Å²) in [5, 5.41) is 9.91. The predicted octanol–water partition coefficient (Wildman–Crippen LogP) is 3.72. The number of carbonyl (C=O) groups is 2. The van der Waals surface area contributed by atoms with Crippen LogP contribution >= 0.6 is 0 Å². The van der Waals surface area contributed by atoms with Gasteiger partial charge in [-0.2, -0.15) is 0 Å². The highest BCUT2D eigenvalue weighted by molar-refractivity contribution is 5.78. The minimum Gasteiger partial charge on any atom is -0.463 e. The zero-order valence-corrected chi connectivity index (χ0v) is 16.9. The summed E-state index contributed by atoms with van der Waals surface area (Å²) in [7, 11) is 0. The minimum atomic E-state index is -0.782. The lowest BCUT2D eigenvalue weighted by Crippen LogP contribution is -2.36. The average Bonchev–Trinajstić information content (AvgIpc) is 2.30. The third kappa shape index (κ3) is 9.91. The summed E-state index contributed by atoms with van der Waals surface area (Å²) in [6, 6.07) is 0. The Morgan fingerprint density at radius 2 is 1.46 bits per heavy atom. The van der Waals surface area contributed by atoms with E-state index in [-0.39, 0.29) is 18.0 Å². The fourth-order valence-corrected chi connectivity index (χ4v) is 2.43. The monoisotopic (exact) mass is 344 g/mol. The van der Waals surface area contributed by atoms with Gasteiger partial charge in [0.25, 0.3) is 0 Å². The van der Waals surface area contributed by atoms with Gasteiger partial charge >= 0.3 is 11.9 Å². The van der Waals surface area contributed by atoms with E-state index in [0.29, 0.717) is 12.8 Å². The van der Waals surface area contributed by atoms with Crippen LogP contribution in [0.15, 0.2) is 0 Å². The van der Waals surface area contributed by atoms with Crippen molar-refractivity contribution in [2.75, 3.05) is 6.61 Å². The highest BCUT2D eigenvalue weighted by Gasteiger charge is 2.36. The molecule has 0 aliphatic carbocycles. The van der Waals surface area contributed by atoms with Crippen LogP contribution in [0.3, 0.4) is 0 Å². The third-order valence-electron chi connectivity index (χ3n) is 3.44. The largest absolute Gasteiger partial charge is 0.463 e. The molecule has 0 saturated heterocycles. The average molecular weight is 344 g/mol. The van der Waals surface area contributed by atoms with Gasteiger partial charge in [0.2, 0.25) is 0 Å². The molecule has 2 atom stereocenters. The predicted molar refractivity (Wildman–Crippen MR) is 94.4 cm³/mol. The van der Waals surface area contributed by atoms with Gasteiger partial charge in [0, 0.05) is 0 Å². The van der Waals surface area contributed by atoms with Crippen molar-refractivity contribution >= 4 is 11.9 Å². The highest BCUT2D eigenvalue weighted by atomic mass is 16.6. The van der Waals surface area contributed by atoms with Gasteiger partial charge in [0.15, 0.2) is 0 Å².